The van der Waals surface area contributed by atoms with E-state index in [9.17, 15) is 20.1 Å². The molecule has 4 saturated carbocycles. The molecule has 29 heavy (non-hydrogen) atoms. The van der Waals surface area contributed by atoms with Crippen LogP contribution in [0.3, 0.4) is 0 Å². The van der Waals surface area contributed by atoms with Crippen molar-refractivity contribution < 1.29 is 25.2 Å². The van der Waals surface area contributed by atoms with Gasteiger partial charge in [0.1, 0.15) is 0 Å². The Balaban J connectivity index is 1.59. The molecule has 0 aliphatic heterocycles. The molecule has 166 valence electrons. The van der Waals surface area contributed by atoms with E-state index < -0.39 is 18.2 Å². The highest BCUT2D eigenvalue weighted by molar-refractivity contribution is 5.66. The fourth-order valence-electron chi connectivity index (χ4n) is 8.77. The second-order valence-corrected chi connectivity index (χ2v) is 11.5. The Labute approximate surface area is 174 Å². The van der Waals surface area contributed by atoms with Crippen LogP contribution in [0.5, 0.6) is 0 Å². The van der Waals surface area contributed by atoms with Crippen LogP contribution in [0.2, 0.25) is 0 Å². The Hall–Kier alpha value is -0.650. The van der Waals surface area contributed by atoms with Crippen molar-refractivity contribution in [2.75, 3.05) is 0 Å². The molecule has 0 spiro atoms. The Morgan fingerprint density at radius 1 is 0.931 bits per heavy atom. The molecule has 0 aromatic rings. The first-order valence-electron chi connectivity index (χ1n) is 11.9. The molecule has 4 aliphatic rings. The number of hydrogen-bond acceptors (Lipinski definition) is 4. The van der Waals surface area contributed by atoms with Crippen LogP contribution in [0.4, 0.5) is 0 Å². The van der Waals surface area contributed by atoms with Crippen LogP contribution < -0.4 is 0 Å². The maximum Gasteiger partial charge on any atom is 0.303 e. The summed E-state index contributed by atoms with van der Waals surface area (Å²) in [5.41, 5.74) is 0.119. The van der Waals surface area contributed by atoms with Gasteiger partial charge in [0, 0.05) is 6.42 Å². The van der Waals surface area contributed by atoms with Gasteiger partial charge in [-0.3, -0.25) is 4.79 Å². The van der Waals surface area contributed by atoms with E-state index in [0.717, 1.165) is 44.9 Å². The number of carbonyl (C=O) groups is 1. The lowest BCUT2D eigenvalue weighted by Gasteiger charge is -2.63. The third kappa shape index (κ3) is 3.27. The zero-order valence-corrected chi connectivity index (χ0v) is 18.3. The molecule has 4 fully saturated rings. The van der Waals surface area contributed by atoms with Gasteiger partial charge in [0.15, 0.2) is 0 Å². The molecule has 0 saturated heterocycles. The molecule has 5 nitrogen and oxygen atoms in total. The maximum atomic E-state index is 11.3. The molecule has 0 aromatic heterocycles. The van der Waals surface area contributed by atoms with Gasteiger partial charge < -0.3 is 20.4 Å². The minimum absolute atomic E-state index is 0.00309. The van der Waals surface area contributed by atoms with Gasteiger partial charge in [0.05, 0.1) is 18.3 Å². The number of carboxylic acid groups (broad SMARTS) is 1. The largest absolute Gasteiger partial charge is 0.481 e. The summed E-state index contributed by atoms with van der Waals surface area (Å²) in [4.78, 5) is 11.1. The Bertz CT molecular complexity index is 637. The minimum atomic E-state index is -0.748. The lowest BCUT2D eigenvalue weighted by atomic mass is 9.43. The zero-order valence-electron chi connectivity index (χ0n) is 18.3. The number of aliphatic hydroxyl groups excluding tert-OH is 3. The van der Waals surface area contributed by atoms with Crippen LogP contribution in [-0.2, 0) is 4.79 Å². The monoisotopic (exact) mass is 408 g/mol. The van der Waals surface area contributed by atoms with E-state index in [2.05, 4.69) is 20.8 Å². The van der Waals surface area contributed by atoms with E-state index >= 15 is 0 Å². The van der Waals surface area contributed by atoms with E-state index in [-0.39, 0.29) is 35.2 Å². The van der Waals surface area contributed by atoms with Gasteiger partial charge in [-0.05, 0) is 97.7 Å². The summed E-state index contributed by atoms with van der Waals surface area (Å²) in [6.45, 7) is 6.89. The van der Waals surface area contributed by atoms with Gasteiger partial charge in [-0.2, -0.15) is 0 Å². The molecular weight excluding hydrogens is 368 g/mol. The Morgan fingerprint density at radius 2 is 1.59 bits per heavy atom. The summed E-state index contributed by atoms with van der Waals surface area (Å²) in [6, 6.07) is 0. The second kappa shape index (κ2) is 7.49. The summed E-state index contributed by atoms with van der Waals surface area (Å²) in [5, 5.41) is 41.7. The zero-order chi connectivity index (χ0) is 21.1. The van der Waals surface area contributed by atoms with Crippen molar-refractivity contribution in [2.45, 2.75) is 96.9 Å². The molecule has 11 atom stereocenters. The highest BCUT2D eigenvalue weighted by Gasteiger charge is 2.65. The second-order valence-electron chi connectivity index (χ2n) is 11.5. The molecule has 0 aromatic carbocycles. The quantitative estimate of drug-likeness (QED) is 0.571. The molecule has 0 radical (unpaired) electrons. The normalized spacial score (nSPS) is 52.9. The smallest absolute Gasteiger partial charge is 0.303 e. The van der Waals surface area contributed by atoms with Gasteiger partial charge in [0.25, 0.3) is 0 Å². The first-order valence-corrected chi connectivity index (χ1v) is 11.9. The molecule has 4 aliphatic carbocycles. The van der Waals surface area contributed by atoms with Crippen LogP contribution in [0.25, 0.3) is 0 Å². The summed E-state index contributed by atoms with van der Waals surface area (Å²) in [6.07, 6.45) is 5.87. The van der Waals surface area contributed by atoms with Crippen molar-refractivity contribution in [3.05, 3.63) is 0 Å². The van der Waals surface area contributed by atoms with Gasteiger partial charge in [-0.15, -0.1) is 0 Å². The summed E-state index contributed by atoms with van der Waals surface area (Å²) in [7, 11) is 0. The van der Waals surface area contributed by atoms with E-state index in [1.807, 2.05) is 0 Å². The fraction of sp³-hybridized carbons (Fsp3) is 0.958. The van der Waals surface area contributed by atoms with E-state index in [0.29, 0.717) is 30.1 Å². The van der Waals surface area contributed by atoms with Crippen molar-refractivity contribution in [1.82, 2.24) is 0 Å². The molecular formula is C24H40O5. The summed E-state index contributed by atoms with van der Waals surface area (Å²) >= 11 is 0. The molecule has 4 N–H and O–H groups in total. The SMILES string of the molecule is CC(CCC(=O)O)[C@H]1CC[C@H]2[C@@H]3[C@@H](O)[C@@H](O)[C@@H]4C[C@H](O)CC[C@]4(C)[C@H]3CC[C@]12C. The van der Waals surface area contributed by atoms with Crippen molar-refractivity contribution >= 4 is 5.97 Å². The molecule has 5 heteroatoms. The van der Waals surface area contributed by atoms with Crippen LogP contribution >= 0.6 is 0 Å². The highest BCUT2D eigenvalue weighted by atomic mass is 16.4. The Morgan fingerprint density at radius 3 is 2.28 bits per heavy atom. The highest BCUT2D eigenvalue weighted by Crippen LogP contribution is 2.68. The lowest BCUT2D eigenvalue weighted by molar-refractivity contribution is -0.223. The third-order valence-electron chi connectivity index (χ3n) is 10.3. The van der Waals surface area contributed by atoms with Crippen molar-refractivity contribution in [3.63, 3.8) is 0 Å². The maximum absolute atomic E-state index is 11.3. The average molecular weight is 409 g/mol. The molecule has 1 unspecified atom stereocenters. The Kier molecular flexibility index (Phi) is 5.57. The van der Waals surface area contributed by atoms with E-state index in [1.54, 1.807) is 0 Å². The van der Waals surface area contributed by atoms with E-state index in [4.69, 9.17) is 5.11 Å². The number of fused-ring (bicyclic) bond motifs is 5. The number of hydrogen-bond donors (Lipinski definition) is 4. The average Bonchev–Trinajstić information content (AvgIpc) is 3.02. The predicted octanol–water partition coefficient (Wildman–Crippen LogP) is 3.45. The number of aliphatic hydroxyl groups is 3. The summed E-state index contributed by atoms with van der Waals surface area (Å²) < 4.78 is 0. The van der Waals surface area contributed by atoms with Gasteiger partial charge in [-0.25, -0.2) is 0 Å². The van der Waals surface area contributed by atoms with Gasteiger partial charge >= 0.3 is 5.97 Å². The topological polar surface area (TPSA) is 98.0 Å². The third-order valence-corrected chi connectivity index (χ3v) is 10.3. The first kappa shape index (κ1) is 21.6. The summed E-state index contributed by atoms with van der Waals surface area (Å²) in [5.74, 6) is 1.06. The predicted molar refractivity (Wildman–Crippen MR) is 110 cm³/mol. The van der Waals surface area contributed by atoms with Crippen LogP contribution in [-0.4, -0.2) is 44.7 Å². The van der Waals surface area contributed by atoms with Crippen molar-refractivity contribution in [1.29, 1.82) is 0 Å². The van der Waals surface area contributed by atoms with Crippen LogP contribution in [0.1, 0.15) is 78.6 Å². The first-order chi connectivity index (χ1) is 13.6. The van der Waals surface area contributed by atoms with Gasteiger partial charge in [-0.1, -0.05) is 20.8 Å². The van der Waals surface area contributed by atoms with E-state index in [1.165, 1.54) is 0 Å². The number of aliphatic carboxylic acids is 1. The van der Waals surface area contributed by atoms with Crippen molar-refractivity contribution in [2.24, 2.45) is 46.3 Å². The van der Waals surface area contributed by atoms with Crippen LogP contribution in [0, 0.1) is 46.3 Å². The number of rotatable bonds is 4. The van der Waals surface area contributed by atoms with Crippen LogP contribution in [0.15, 0.2) is 0 Å². The van der Waals surface area contributed by atoms with Crippen molar-refractivity contribution in [3.8, 4) is 0 Å². The molecule has 0 heterocycles. The number of carboxylic acids is 1. The molecule has 0 amide bonds. The fourth-order valence-corrected chi connectivity index (χ4v) is 8.77. The minimum Gasteiger partial charge on any atom is -0.481 e. The lowest BCUT2D eigenvalue weighted by Crippen LogP contribution is -2.64. The van der Waals surface area contributed by atoms with Gasteiger partial charge in [0.2, 0.25) is 0 Å². The molecule has 4 rings (SSSR count). The molecule has 0 bridgehead atoms. The standard InChI is InChI=1S/C24H40O5/c1-13(4-7-19(26)27)15-5-6-16-20-17(9-11-23(15,16)2)24(3)10-8-14(25)12-18(24)21(28)22(20)29/h13-18,20-22,25,28-29H,4-12H2,1-3H3,(H,26,27)/t13?,14-,15-,16+,17+,18+,20+,21+,22-,23-,24-/m1/s1.